The number of hydrogen-bond donors (Lipinski definition) is 1. The lowest BCUT2D eigenvalue weighted by Gasteiger charge is -2.31. The van der Waals surface area contributed by atoms with Gasteiger partial charge in [0, 0.05) is 19.1 Å². The zero-order chi connectivity index (χ0) is 31.7. The van der Waals surface area contributed by atoms with Crippen molar-refractivity contribution in [2.45, 2.75) is 50.9 Å². The van der Waals surface area contributed by atoms with Crippen LogP contribution in [-0.4, -0.2) is 62.4 Å². The minimum Gasteiger partial charge on any atom is -0.494 e. The van der Waals surface area contributed by atoms with Gasteiger partial charge in [0.1, 0.15) is 34.0 Å². The summed E-state index contributed by atoms with van der Waals surface area (Å²) in [6.45, 7) is 9.69. The summed E-state index contributed by atoms with van der Waals surface area (Å²) in [7, 11) is -3.14. The number of para-hydroxylation sites is 1. The molecule has 1 N–H and O–H groups in total. The van der Waals surface area contributed by atoms with E-state index in [0.717, 1.165) is 0 Å². The number of aryl methyl sites for hydroxylation is 1. The molecule has 2 aromatic heterocycles. The van der Waals surface area contributed by atoms with E-state index < -0.39 is 35.3 Å². The molecule has 0 saturated carbocycles. The average Bonchev–Trinajstić information content (AvgIpc) is 3.57. The van der Waals surface area contributed by atoms with Crippen LogP contribution in [0, 0.1) is 12.7 Å². The van der Waals surface area contributed by atoms with Gasteiger partial charge >= 0.3 is 0 Å². The minimum atomic E-state index is -4.33. The third-order valence-electron chi connectivity index (χ3n) is 7.02. The van der Waals surface area contributed by atoms with Crippen LogP contribution in [0.25, 0.3) is 17.3 Å². The van der Waals surface area contributed by atoms with Crippen molar-refractivity contribution in [2.24, 2.45) is 0 Å². The molecule has 2 atom stereocenters. The highest BCUT2D eigenvalue weighted by atomic mass is 79.9. The Balaban J connectivity index is 1.97. The van der Waals surface area contributed by atoms with E-state index >= 15 is 0 Å². The summed E-state index contributed by atoms with van der Waals surface area (Å²) in [5.74, 6) is 1.44. The zero-order valence-corrected chi connectivity index (χ0v) is 28.5. The van der Waals surface area contributed by atoms with Crippen molar-refractivity contribution in [1.82, 2.24) is 14.8 Å². The van der Waals surface area contributed by atoms with E-state index in [1.165, 1.54) is 43.6 Å². The van der Waals surface area contributed by atoms with Crippen molar-refractivity contribution in [3.05, 3.63) is 70.1 Å². The third kappa shape index (κ3) is 6.81. The maximum atomic E-state index is 14.5. The fourth-order valence-corrected chi connectivity index (χ4v) is 7.75. The van der Waals surface area contributed by atoms with Crippen LogP contribution < -0.4 is 13.8 Å². The molecular formula is C29H36BrFN4O6SSi. The Morgan fingerprint density at radius 2 is 1.74 bits per heavy atom. The Hall–Kier alpha value is -3.20. The van der Waals surface area contributed by atoms with Crippen LogP contribution in [0.4, 0.5) is 10.3 Å². The Morgan fingerprint density at radius 3 is 2.28 bits per heavy atom. The fourth-order valence-electron chi connectivity index (χ4n) is 4.55. The van der Waals surface area contributed by atoms with E-state index in [1.54, 1.807) is 41.8 Å². The lowest BCUT2D eigenvalue weighted by atomic mass is 10.1. The van der Waals surface area contributed by atoms with Gasteiger partial charge in [-0.15, -0.1) is 10.2 Å². The number of rotatable bonds is 12. The smallest absolute Gasteiger partial charge is 0.246 e. The molecule has 0 fully saturated rings. The number of furan rings is 1. The molecule has 43 heavy (non-hydrogen) atoms. The normalized spacial score (nSPS) is 13.5. The summed E-state index contributed by atoms with van der Waals surface area (Å²) < 4.78 is 63.1. The second kappa shape index (κ2) is 12.8. The number of benzene rings is 2. The SMILES string of the molecule is COc1cccc(OC)c1-n1c(-c2ccc(C)o2)nnc1N(CC[Si](C)(C)C)S(=O)(=O)[C@H](C)[C@@H](O)c1ccc(F)cc1Br. The number of anilines is 1. The molecule has 2 aromatic carbocycles. The van der Waals surface area contributed by atoms with Crippen molar-refractivity contribution >= 4 is 40.0 Å². The Labute approximate surface area is 260 Å². The maximum absolute atomic E-state index is 14.5. The van der Waals surface area contributed by atoms with Crippen LogP contribution in [0.2, 0.25) is 25.7 Å². The predicted octanol–water partition coefficient (Wildman–Crippen LogP) is 6.35. The van der Waals surface area contributed by atoms with Gasteiger partial charge in [-0.1, -0.05) is 47.7 Å². The Morgan fingerprint density at radius 1 is 1.09 bits per heavy atom. The average molecular weight is 696 g/mol. The molecule has 0 radical (unpaired) electrons. The van der Waals surface area contributed by atoms with E-state index in [2.05, 4.69) is 45.8 Å². The third-order valence-corrected chi connectivity index (χ3v) is 11.6. The zero-order valence-electron chi connectivity index (χ0n) is 25.1. The van der Waals surface area contributed by atoms with Crippen LogP contribution in [-0.2, 0) is 10.0 Å². The molecule has 0 aliphatic heterocycles. The van der Waals surface area contributed by atoms with Gasteiger partial charge in [-0.3, -0.25) is 4.57 Å². The molecule has 4 aromatic rings. The molecule has 0 spiro atoms. The molecule has 0 aliphatic rings. The molecule has 0 bridgehead atoms. The number of sulfonamides is 1. The summed E-state index contributed by atoms with van der Waals surface area (Å²) in [6.07, 6.45) is -1.49. The summed E-state index contributed by atoms with van der Waals surface area (Å²) in [6, 6.07) is 13.0. The van der Waals surface area contributed by atoms with E-state index in [0.29, 0.717) is 34.8 Å². The Bertz CT molecular complexity index is 1680. The number of aliphatic hydroxyl groups is 1. The van der Waals surface area contributed by atoms with Crippen molar-refractivity contribution in [1.29, 1.82) is 0 Å². The first-order chi connectivity index (χ1) is 20.2. The molecular weight excluding hydrogens is 659 g/mol. The second-order valence-corrected chi connectivity index (χ2v) is 20.0. The highest BCUT2D eigenvalue weighted by molar-refractivity contribution is 9.10. The molecule has 0 saturated heterocycles. The van der Waals surface area contributed by atoms with Crippen molar-refractivity contribution in [3.63, 3.8) is 0 Å². The summed E-state index contributed by atoms with van der Waals surface area (Å²) >= 11 is 3.26. The van der Waals surface area contributed by atoms with Gasteiger partial charge in [0.25, 0.3) is 0 Å². The van der Waals surface area contributed by atoms with E-state index in [1.807, 2.05) is 0 Å². The highest BCUT2D eigenvalue weighted by Gasteiger charge is 2.40. The molecule has 4 rings (SSSR count). The molecule has 10 nitrogen and oxygen atoms in total. The highest BCUT2D eigenvalue weighted by Crippen LogP contribution is 2.40. The van der Waals surface area contributed by atoms with Gasteiger partial charge in [0.2, 0.25) is 21.8 Å². The van der Waals surface area contributed by atoms with Crippen LogP contribution in [0.3, 0.4) is 0 Å². The molecule has 14 heteroatoms. The summed E-state index contributed by atoms with van der Waals surface area (Å²) in [5.41, 5.74) is 0.612. The van der Waals surface area contributed by atoms with Crippen LogP contribution in [0.15, 0.2) is 57.4 Å². The first kappa shape index (κ1) is 32.7. The lowest BCUT2D eigenvalue weighted by molar-refractivity contribution is 0.175. The number of aromatic nitrogens is 3. The van der Waals surface area contributed by atoms with Gasteiger partial charge in [0.05, 0.1) is 20.3 Å². The van der Waals surface area contributed by atoms with Gasteiger partial charge in [-0.05, 0) is 61.9 Å². The maximum Gasteiger partial charge on any atom is 0.246 e. The Kier molecular flexibility index (Phi) is 9.74. The largest absolute Gasteiger partial charge is 0.494 e. The van der Waals surface area contributed by atoms with E-state index in [-0.39, 0.29) is 28.4 Å². The van der Waals surface area contributed by atoms with Gasteiger partial charge in [0.15, 0.2) is 5.76 Å². The van der Waals surface area contributed by atoms with E-state index in [4.69, 9.17) is 13.9 Å². The number of aliphatic hydroxyl groups excluding tert-OH is 1. The second-order valence-electron chi connectivity index (χ2n) is 11.3. The molecule has 0 amide bonds. The fraction of sp³-hybridized carbons (Fsp3) is 0.379. The number of methoxy groups -OCH3 is 2. The molecule has 0 unspecified atom stereocenters. The van der Waals surface area contributed by atoms with Crippen LogP contribution >= 0.6 is 15.9 Å². The summed E-state index contributed by atoms with van der Waals surface area (Å²) in [5, 5.41) is 18.8. The first-order valence-electron chi connectivity index (χ1n) is 13.6. The number of halogens is 2. The molecule has 0 aliphatic carbocycles. The quantitative estimate of drug-likeness (QED) is 0.170. The summed E-state index contributed by atoms with van der Waals surface area (Å²) in [4.78, 5) is 0. The van der Waals surface area contributed by atoms with Gasteiger partial charge in [-0.25, -0.2) is 17.1 Å². The number of ether oxygens (including phenoxy) is 2. The lowest BCUT2D eigenvalue weighted by Crippen LogP contribution is -2.44. The van der Waals surface area contributed by atoms with Gasteiger partial charge < -0.3 is 19.0 Å². The topological polar surface area (TPSA) is 120 Å². The monoisotopic (exact) mass is 694 g/mol. The first-order valence-corrected chi connectivity index (χ1v) is 19.6. The van der Waals surface area contributed by atoms with Crippen LogP contribution in [0.5, 0.6) is 11.5 Å². The van der Waals surface area contributed by atoms with Crippen molar-refractivity contribution < 1.29 is 31.8 Å². The van der Waals surface area contributed by atoms with Crippen molar-refractivity contribution in [3.8, 4) is 28.8 Å². The van der Waals surface area contributed by atoms with Gasteiger partial charge in [-0.2, -0.15) is 0 Å². The number of nitrogens with zero attached hydrogens (tertiary/aromatic N) is 4. The van der Waals surface area contributed by atoms with Crippen molar-refractivity contribution in [2.75, 3.05) is 25.1 Å². The minimum absolute atomic E-state index is 0.0256. The predicted molar refractivity (Wildman–Crippen MR) is 170 cm³/mol. The number of hydrogen-bond acceptors (Lipinski definition) is 8. The van der Waals surface area contributed by atoms with Crippen LogP contribution in [0.1, 0.15) is 24.4 Å². The molecule has 2 heterocycles. The molecule has 232 valence electrons. The van der Waals surface area contributed by atoms with E-state index in [9.17, 15) is 17.9 Å². The standard InChI is InChI=1S/C29H36BrFN4O6SSi/c1-18-11-14-25(41-18)28-32-33-29(35(28)26-23(39-3)9-8-10-24(26)40-4)34(15-16-43(5,6)7)42(37,38)19(2)27(36)21-13-12-20(31)17-22(21)30/h8-14,17,19,27,36H,15-16H2,1-7H3/t19-,27-/m1/s1.